The molecule has 0 aliphatic rings. The molecule has 0 fully saturated rings. The first kappa shape index (κ1) is 15.1. The molecule has 1 aromatic carbocycles. The third-order valence-corrected chi connectivity index (χ3v) is 4.21. The van der Waals surface area contributed by atoms with Gasteiger partial charge in [-0.25, -0.2) is 0 Å². The summed E-state index contributed by atoms with van der Waals surface area (Å²) in [6, 6.07) is 13.0. The summed E-state index contributed by atoms with van der Waals surface area (Å²) in [7, 11) is 0. The maximum Gasteiger partial charge on any atom is 0.124 e. The van der Waals surface area contributed by atoms with E-state index in [9.17, 15) is 0 Å². The second-order valence-electron chi connectivity index (χ2n) is 4.83. The Kier molecular flexibility index (Phi) is 5.62. The summed E-state index contributed by atoms with van der Waals surface area (Å²) in [6.07, 6.45) is 1.03. The topological polar surface area (TPSA) is 21.3 Å². The Morgan fingerprint density at radius 3 is 2.60 bits per heavy atom. The lowest BCUT2D eigenvalue weighted by molar-refractivity contribution is 0.312. The van der Waals surface area contributed by atoms with Crippen LogP contribution in [0, 0.1) is 6.92 Å². The van der Waals surface area contributed by atoms with Crippen LogP contribution >= 0.6 is 11.3 Å². The molecule has 3 heteroatoms. The van der Waals surface area contributed by atoms with Crippen molar-refractivity contribution in [3.63, 3.8) is 0 Å². The predicted molar refractivity (Wildman–Crippen MR) is 86.8 cm³/mol. The van der Waals surface area contributed by atoms with Crippen molar-refractivity contribution in [2.75, 3.05) is 13.2 Å². The Bertz CT molecular complexity index is 535. The summed E-state index contributed by atoms with van der Waals surface area (Å²) < 4.78 is 5.91. The van der Waals surface area contributed by atoms with Crippen LogP contribution in [0.25, 0.3) is 0 Å². The fourth-order valence-electron chi connectivity index (χ4n) is 2.24. The van der Waals surface area contributed by atoms with Crippen LogP contribution in [-0.2, 0) is 0 Å². The van der Waals surface area contributed by atoms with Crippen molar-refractivity contribution >= 4 is 11.3 Å². The predicted octanol–water partition coefficient (Wildman–Crippen LogP) is 4.54. The van der Waals surface area contributed by atoms with Crippen molar-refractivity contribution < 1.29 is 4.74 Å². The maximum absolute atomic E-state index is 5.91. The van der Waals surface area contributed by atoms with E-state index in [1.54, 1.807) is 0 Å². The van der Waals surface area contributed by atoms with Gasteiger partial charge < -0.3 is 10.1 Å². The smallest absolute Gasteiger partial charge is 0.124 e. The number of ether oxygens (including phenoxy) is 1. The molecule has 0 amide bonds. The lowest BCUT2D eigenvalue weighted by Gasteiger charge is -2.20. The Labute approximate surface area is 125 Å². The molecule has 1 N–H and O–H groups in total. The molecule has 2 aromatic rings. The molecule has 0 aliphatic heterocycles. The number of hydrogen-bond donors (Lipinski definition) is 1. The number of hydrogen-bond acceptors (Lipinski definition) is 3. The molecule has 0 bridgehead atoms. The number of nitrogens with one attached hydrogen (secondary N) is 1. The summed E-state index contributed by atoms with van der Waals surface area (Å²) in [4.78, 5) is 2.69. The van der Waals surface area contributed by atoms with Crippen molar-refractivity contribution in [1.29, 1.82) is 0 Å². The van der Waals surface area contributed by atoms with Crippen LogP contribution in [0.15, 0.2) is 36.4 Å². The molecule has 0 radical (unpaired) electrons. The van der Waals surface area contributed by atoms with Gasteiger partial charge in [-0.05, 0) is 38.1 Å². The van der Waals surface area contributed by atoms with Gasteiger partial charge in [0.05, 0.1) is 12.6 Å². The summed E-state index contributed by atoms with van der Waals surface area (Å²) in [5.41, 5.74) is 1.23. The van der Waals surface area contributed by atoms with E-state index < -0.39 is 0 Å². The Hall–Kier alpha value is -1.32. The van der Waals surface area contributed by atoms with Crippen molar-refractivity contribution in [1.82, 2.24) is 5.32 Å². The molecular weight excluding hydrogens is 266 g/mol. The van der Waals surface area contributed by atoms with Gasteiger partial charge in [0.2, 0.25) is 0 Å². The number of para-hydroxylation sites is 1. The first-order valence-corrected chi connectivity index (χ1v) is 8.09. The summed E-state index contributed by atoms with van der Waals surface area (Å²) >= 11 is 1.85. The minimum absolute atomic E-state index is 0.215. The van der Waals surface area contributed by atoms with Gasteiger partial charge in [0.15, 0.2) is 0 Å². The second-order valence-corrected chi connectivity index (χ2v) is 6.14. The van der Waals surface area contributed by atoms with Crippen LogP contribution in [0.2, 0.25) is 0 Å². The van der Waals surface area contributed by atoms with Crippen LogP contribution in [0.4, 0.5) is 0 Å². The van der Waals surface area contributed by atoms with Gasteiger partial charge >= 0.3 is 0 Å². The van der Waals surface area contributed by atoms with Gasteiger partial charge in [-0.2, -0.15) is 0 Å². The van der Waals surface area contributed by atoms with Gasteiger partial charge in [0.25, 0.3) is 0 Å². The van der Waals surface area contributed by atoms with E-state index in [1.807, 2.05) is 17.4 Å². The van der Waals surface area contributed by atoms with Crippen LogP contribution in [0.1, 0.15) is 41.6 Å². The highest BCUT2D eigenvalue weighted by Gasteiger charge is 2.18. The van der Waals surface area contributed by atoms with Crippen LogP contribution in [-0.4, -0.2) is 13.2 Å². The quantitative estimate of drug-likeness (QED) is 0.807. The lowest BCUT2D eigenvalue weighted by atomic mass is 10.0. The molecule has 2 nitrogen and oxygen atoms in total. The van der Waals surface area contributed by atoms with E-state index in [-0.39, 0.29) is 6.04 Å². The van der Waals surface area contributed by atoms with Crippen LogP contribution in [0.3, 0.4) is 0 Å². The number of aryl methyl sites for hydroxylation is 1. The van der Waals surface area contributed by atoms with Crippen molar-refractivity contribution in [2.45, 2.75) is 33.2 Å². The zero-order chi connectivity index (χ0) is 14.4. The zero-order valence-electron chi connectivity index (χ0n) is 12.5. The molecule has 0 saturated carbocycles. The van der Waals surface area contributed by atoms with E-state index in [0.717, 1.165) is 25.3 Å². The van der Waals surface area contributed by atoms with Crippen molar-refractivity contribution in [2.24, 2.45) is 0 Å². The van der Waals surface area contributed by atoms with E-state index in [1.165, 1.54) is 15.3 Å². The molecule has 2 rings (SSSR count). The Morgan fingerprint density at radius 1 is 1.15 bits per heavy atom. The molecule has 0 spiro atoms. The summed E-state index contributed by atoms with van der Waals surface area (Å²) in [6.45, 7) is 8.12. The van der Waals surface area contributed by atoms with Crippen LogP contribution in [0.5, 0.6) is 5.75 Å². The number of thiophene rings is 1. The van der Waals surface area contributed by atoms with Gasteiger partial charge in [-0.1, -0.05) is 32.0 Å². The highest BCUT2D eigenvalue weighted by atomic mass is 32.1. The third kappa shape index (κ3) is 3.62. The minimum Gasteiger partial charge on any atom is -0.493 e. The minimum atomic E-state index is 0.215. The van der Waals surface area contributed by atoms with Crippen molar-refractivity contribution in [3.8, 4) is 5.75 Å². The highest BCUT2D eigenvalue weighted by Crippen LogP contribution is 2.33. The first-order valence-electron chi connectivity index (χ1n) is 7.27. The molecule has 108 valence electrons. The SMILES string of the molecule is CCCOc1ccccc1C(NCC)c1ccc(C)s1. The Balaban J connectivity index is 2.33. The normalized spacial score (nSPS) is 12.3. The standard InChI is InChI=1S/C17H23NOS/c1-4-12-19-15-9-7-6-8-14(15)17(18-5-2)16-11-10-13(3)20-16/h6-11,17-18H,4-5,12H2,1-3H3. The summed E-state index contributed by atoms with van der Waals surface area (Å²) in [5.74, 6) is 0.992. The molecule has 20 heavy (non-hydrogen) atoms. The monoisotopic (exact) mass is 289 g/mol. The fourth-order valence-corrected chi connectivity index (χ4v) is 3.21. The zero-order valence-corrected chi connectivity index (χ0v) is 13.3. The molecular formula is C17H23NOS. The third-order valence-electron chi connectivity index (χ3n) is 3.15. The van der Waals surface area contributed by atoms with Gasteiger partial charge in [-0.3, -0.25) is 0 Å². The fraction of sp³-hybridized carbons (Fsp3) is 0.412. The van der Waals surface area contributed by atoms with Gasteiger partial charge in [0, 0.05) is 15.3 Å². The van der Waals surface area contributed by atoms with E-state index in [2.05, 4.69) is 56.4 Å². The second kappa shape index (κ2) is 7.46. The Morgan fingerprint density at radius 2 is 1.95 bits per heavy atom. The van der Waals surface area contributed by atoms with Crippen LogP contribution < -0.4 is 10.1 Å². The van der Waals surface area contributed by atoms with Crippen molar-refractivity contribution in [3.05, 3.63) is 51.7 Å². The number of rotatable bonds is 7. The first-order chi connectivity index (χ1) is 9.76. The molecule has 0 saturated heterocycles. The largest absolute Gasteiger partial charge is 0.493 e. The average Bonchev–Trinajstić information content (AvgIpc) is 2.89. The average molecular weight is 289 g/mol. The molecule has 1 atom stereocenters. The van der Waals surface area contributed by atoms with Gasteiger partial charge in [0.1, 0.15) is 5.75 Å². The lowest BCUT2D eigenvalue weighted by Crippen LogP contribution is -2.21. The maximum atomic E-state index is 5.91. The van der Waals surface area contributed by atoms with Gasteiger partial charge in [-0.15, -0.1) is 11.3 Å². The van der Waals surface area contributed by atoms with E-state index >= 15 is 0 Å². The summed E-state index contributed by atoms with van der Waals surface area (Å²) in [5, 5.41) is 3.58. The molecule has 1 heterocycles. The van der Waals surface area contributed by atoms with E-state index in [4.69, 9.17) is 4.74 Å². The molecule has 1 unspecified atom stereocenters. The number of benzene rings is 1. The molecule has 1 aromatic heterocycles. The highest BCUT2D eigenvalue weighted by molar-refractivity contribution is 7.12. The molecule has 0 aliphatic carbocycles. The van der Waals surface area contributed by atoms with E-state index in [0.29, 0.717) is 0 Å².